The van der Waals surface area contributed by atoms with Crippen molar-refractivity contribution in [2.45, 2.75) is 6.54 Å². The van der Waals surface area contributed by atoms with E-state index in [1.165, 1.54) is 10.7 Å². The molecule has 1 amide bonds. The molecule has 0 aliphatic carbocycles. The average Bonchev–Trinajstić information content (AvgIpc) is 2.80. The standard InChI is InChI=1S/C12H14BN3O3/c1-16-10(7-11(15-16)13(18)19)12(17)14-8-9-5-3-2-4-6-9/h2-7,18-19H,8H2,1H3,(H,14,17). The van der Waals surface area contributed by atoms with Crippen LogP contribution >= 0.6 is 0 Å². The summed E-state index contributed by atoms with van der Waals surface area (Å²) < 4.78 is 1.31. The molecule has 6 nitrogen and oxygen atoms in total. The van der Waals surface area contributed by atoms with Crippen LogP contribution in [0.5, 0.6) is 0 Å². The van der Waals surface area contributed by atoms with E-state index in [4.69, 9.17) is 10.0 Å². The smallest absolute Gasteiger partial charge is 0.422 e. The molecule has 0 radical (unpaired) electrons. The van der Waals surface area contributed by atoms with Crippen LogP contribution in [0.15, 0.2) is 36.4 Å². The lowest BCUT2D eigenvalue weighted by Gasteiger charge is -2.05. The maximum atomic E-state index is 11.9. The van der Waals surface area contributed by atoms with Crippen LogP contribution in [0.25, 0.3) is 0 Å². The van der Waals surface area contributed by atoms with Crippen LogP contribution < -0.4 is 10.9 Å². The molecule has 1 heterocycles. The fourth-order valence-corrected chi connectivity index (χ4v) is 1.70. The van der Waals surface area contributed by atoms with Gasteiger partial charge >= 0.3 is 7.12 Å². The van der Waals surface area contributed by atoms with Crippen LogP contribution in [0.4, 0.5) is 0 Å². The molecule has 1 aromatic heterocycles. The fraction of sp³-hybridized carbons (Fsp3) is 0.167. The number of aryl methyl sites for hydroxylation is 1. The van der Waals surface area contributed by atoms with Gasteiger partial charge in [-0.05, 0) is 11.6 Å². The minimum Gasteiger partial charge on any atom is -0.422 e. The van der Waals surface area contributed by atoms with Gasteiger partial charge in [-0.25, -0.2) is 0 Å². The second kappa shape index (κ2) is 5.68. The van der Waals surface area contributed by atoms with Crippen molar-refractivity contribution in [2.75, 3.05) is 0 Å². The molecule has 2 aromatic rings. The van der Waals surface area contributed by atoms with Crippen LogP contribution in [0.1, 0.15) is 16.1 Å². The summed E-state index contributed by atoms with van der Waals surface area (Å²) in [5, 5.41) is 24.6. The first-order chi connectivity index (χ1) is 9.08. The number of benzene rings is 1. The molecule has 0 spiro atoms. The van der Waals surface area contributed by atoms with Crippen LogP contribution in [0.2, 0.25) is 0 Å². The molecule has 2 rings (SSSR count). The van der Waals surface area contributed by atoms with Gasteiger partial charge in [0.1, 0.15) is 5.69 Å². The SMILES string of the molecule is Cn1nc(B(O)O)cc1C(=O)NCc1ccccc1. The second-order valence-corrected chi connectivity index (χ2v) is 4.12. The molecule has 1 aromatic carbocycles. The number of carbonyl (C=O) groups is 1. The molecule has 0 aliphatic heterocycles. The number of nitrogens with zero attached hydrogens (tertiary/aromatic N) is 2. The van der Waals surface area contributed by atoms with Gasteiger partial charge in [0.2, 0.25) is 0 Å². The highest BCUT2D eigenvalue weighted by Gasteiger charge is 2.20. The van der Waals surface area contributed by atoms with Gasteiger partial charge in [0.05, 0.1) is 5.59 Å². The zero-order chi connectivity index (χ0) is 13.8. The Hall–Kier alpha value is -2.12. The molecule has 0 saturated heterocycles. The first-order valence-corrected chi connectivity index (χ1v) is 5.80. The van der Waals surface area contributed by atoms with Crippen LogP contribution in [0.3, 0.4) is 0 Å². The highest BCUT2D eigenvalue weighted by atomic mass is 16.4. The van der Waals surface area contributed by atoms with Gasteiger partial charge in [-0.2, -0.15) is 5.10 Å². The third-order valence-corrected chi connectivity index (χ3v) is 2.69. The molecule has 98 valence electrons. The lowest BCUT2D eigenvalue weighted by molar-refractivity contribution is 0.0941. The van der Waals surface area contributed by atoms with Gasteiger partial charge in [-0.15, -0.1) is 0 Å². The fourth-order valence-electron chi connectivity index (χ4n) is 1.70. The van der Waals surface area contributed by atoms with Crippen molar-refractivity contribution >= 4 is 18.6 Å². The maximum Gasteiger partial charge on any atom is 0.510 e. The highest BCUT2D eigenvalue weighted by molar-refractivity contribution is 6.57. The van der Waals surface area contributed by atoms with Gasteiger partial charge in [0.15, 0.2) is 0 Å². The molecule has 0 fully saturated rings. The predicted molar refractivity (Wildman–Crippen MR) is 70.6 cm³/mol. The first kappa shape index (κ1) is 13.3. The average molecular weight is 259 g/mol. The second-order valence-electron chi connectivity index (χ2n) is 4.12. The maximum absolute atomic E-state index is 11.9. The van der Waals surface area contributed by atoms with E-state index >= 15 is 0 Å². The van der Waals surface area contributed by atoms with Crippen molar-refractivity contribution < 1.29 is 14.8 Å². The molecule has 0 unspecified atom stereocenters. The van der Waals surface area contributed by atoms with E-state index < -0.39 is 7.12 Å². The quantitative estimate of drug-likeness (QED) is 0.616. The molecule has 7 heteroatoms. The van der Waals surface area contributed by atoms with E-state index in [-0.39, 0.29) is 17.2 Å². The number of amides is 1. The van der Waals surface area contributed by atoms with Gasteiger partial charge < -0.3 is 15.4 Å². The van der Waals surface area contributed by atoms with E-state index in [2.05, 4.69) is 10.4 Å². The Labute approximate surface area is 110 Å². The summed E-state index contributed by atoms with van der Waals surface area (Å²) in [6.45, 7) is 0.405. The van der Waals surface area contributed by atoms with Gasteiger partial charge in [-0.1, -0.05) is 30.3 Å². The number of hydrogen-bond donors (Lipinski definition) is 3. The molecule has 19 heavy (non-hydrogen) atoms. The third-order valence-electron chi connectivity index (χ3n) is 2.69. The molecule has 0 saturated carbocycles. The van der Waals surface area contributed by atoms with Crippen LogP contribution in [0, 0.1) is 0 Å². The Morgan fingerprint density at radius 3 is 2.63 bits per heavy atom. The normalized spacial score (nSPS) is 10.3. The summed E-state index contributed by atoms with van der Waals surface area (Å²) in [4.78, 5) is 11.9. The Balaban J connectivity index is 2.04. The first-order valence-electron chi connectivity index (χ1n) is 5.80. The summed E-state index contributed by atoms with van der Waals surface area (Å²) >= 11 is 0. The van der Waals surface area contributed by atoms with Gasteiger partial charge in [0.25, 0.3) is 5.91 Å². The summed E-state index contributed by atoms with van der Waals surface area (Å²) in [6, 6.07) is 10.9. The Bertz CT molecular complexity index is 569. The van der Waals surface area contributed by atoms with Crippen molar-refractivity contribution in [1.82, 2.24) is 15.1 Å². The lowest BCUT2D eigenvalue weighted by atomic mass is 9.86. The summed E-state index contributed by atoms with van der Waals surface area (Å²) in [6.07, 6.45) is 0. The van der Waals surface area contributed by atoms with E-state index in [0.29, 0.717) is 6.54 Å². The van der Waals surface area contributed by atoms with Gasteiger partial charge in [0, 0.05) is 13.6 Å². The highest BCUT2D eigenvalue weighted by Crippen LogP contribution is 2.00. The third kappa shape index (κ3) is 3.21. The summed E-state index contributed by atoms with van der Waals surface area (Å²) in [7, 11) is -0.106. The molecule has 0 atom stereocenters. The van der Waals surface area contributed by atoms with Gasteiger partial charge in [-0.3, -0.25) is 9.48 Å². The molecular formula is C12H14BN3O3. The Morgan fingerprint density at radius 2 is 2.05 bits per heavy atom. The minimum atomic E-state index is -1.68. The van der Waals surface area contributed by atoms with E-state index in [9.17, 15) is 4.79 Å². The number of carbonyl (C=O) groups excluding carboxylic acids is 1. The molecule has 0 bridgehead atoms. The van der Waals surface area contributed by atoms with Crippen molar-refractivity contribution in [1.29, 1.82) is 0 Å². The number of rotatable bonds is 4. The summed E-state index contributed by atoms with van der Waals surface area (Å²) in [5.74, 6) is -0.314. The monoisotopic (exact) mass is 259 g/mol. The van der Waals surface area contributed by atoms with Crippen molar-refractivity contribution in [3.63, 3.8) is 0 Å². The largest absolute Gasteiger partial charge is 0.510 e. The van der Waals surface area contributed by atoms with Crippen molar-refractivity contribution in [3.05, 3.63) is 47.7 Å². The Kier molecular flexibility index (Phi) is 3.98. The van der Waals surface area contributed by atoms with Crippen molar-refractivity contribution in [2.24, 2.45) is 7.05 Å². The van der Waals surface area contributed by atoms with E-state index in [1.807, 2.05) is 30.3 Å². The van der Waals surface area contributed by atoms with E-state index in [1.54, 1.807) is 7.05 Å². The zero-order valence-electron chi connectivity index (χ0n) is 10.4. The number of nitrogens with one attached hydrogen (secondary N) is 1. The lowest BCUT2D eigenvalue weighted by Crippen LogP contribution is -2.31. The molecule has 0 aliphatic rings. The predicted octanol–water partition coefficient (Wildman–Crippen LogP) is -0.970. The zero-order valence-corrected chi connectivity index (χ0v) is 10.4. The minimum absolute atomic E-state index is 0.0485. The number of hydrogen-bond acceptors (Lipinski definition) is 4. The number of aromatic nitrogens is 2. The van der Waals surface area contributed by atoms with Crippen molar-refractivity contribution in [3.8, 4) is 0 Å². The van der Waals surface area contributed by atoms with Crippen LogP contribution in [-0.2, 0) is 13.6 Å². The summed E-state index contributed by atoms with van der Waals surface area (Å²) in [5.41, 5.74) is 1.31. The topological polar surface area (TPSA) is 87.4 Å². The molecule has 3 N–H and O–H groups in total. The Morgan fingerprint density at radius 1 is 1.37 bits per heavy atom. The molecular weight excluding hydrogens is 245 g/mol. The van der Waals surface area contributed by atoms with Crippen LogP contribution in [-0.4, -0.2) is 32.9 Å². The van der Waals surface area contributed by atoms with E-state index in [0.717, 1.165) is 5.56 Å².